The SMILES string of the molecule is CC(C)CN(CC(C)C)C(=O)C[PH](=O)c1ccccc1. The number of benzene rings is 1. The minimum atomic E-state index is -2.02. The maximum Gasteiger partial charge on any atom is 0.230 e. The van der Waals surface area contributed by atoms with Crippen LogP contribution in [0, 0.1) is 11.8 Å². The molecule has 20 heavy (non-hydrogen) atoms. The zero-order valence-corrected chi connectivity index (χ0v) is 13.9. The fraction of sp³-hybridized carbons (Fsp3) is 0.562. The van der Waals surface area contributed by atoms with E-state index in [0.29, 0.717) is 11.8 Å². The van der Waals surface area contributed by atoms with E-state index in [1.807, 2.05) is 35.2 Å². The van der Waals surface area contributed by atoms with E-state index in [2.05, 4.69) is 27.7 Å². The van der Waals surface area contributed by atoms with Crippen molar-refractivity contribution in [3.8, 4) is 0 Å². The van der Waals surface area contributed by atoms with Crippen LogP contribution in [0.4, 0.5) is 0 Å². The number of nitrogens with zero attached hydrogens (tertiary/aromatic N) is 1. The van der Waals surface area contributed by atoms with E-state index < -0.39 is 7.80 Å². The van der Waals surface area contributed by atoms with Gasteiger partial charge in [-0.25, -0.2) is 0 Å². The van der Waals surface area contributed by atoms with E-state index in [4.69, 9.17) is 0 Å². The van der Waals surface area contributed by atoms with E-state index in [1.165, 1.54) is 0 Å². The van der Waals surface area contributed by atoms with Crippen molar-refractivity contribution in [3.63, 3.8) is 0 Å². The molecule has 0 aromatic heterocycles. The Balaban J connectivity index is 2.68. The van der Waals surface area contributed by atoms with Gasteiger partial charge in [-0.3, -0.25) is 4.79 Å². The fourth-order valence-electron chi connectivity index (χ4n) is 2.13. The van der Waals surface area contributed by atoms with Crippen molar-refractivity contribution in [3.05, 3.63) is 30.3 Å². The number of hydrogen-bond acceptors (Lipinski definition) is 2. The van der Waals surface area contributed by atoms with E-state index in [-0.39, 0.29) is 12.1 Å². The van der Waals surface area contributed by atoms with Gasteiger partial charge >= 0.3 is 0 Å². The van der Waals surface area contributed by atoms with Crippen LogP contribution in [-0.2, 0) is 9.36 Å². The molecule has 0 saturated heterocycles. The van der Waals surface area contributed by atoms with Gasteiger partial charge in [-0.2, -0.15) is 0 Å². The molecule has 0 aliphatic rings. The van der Waals surface area contributed by atoms with E-state index in [0.717, 1.165) is 18.4 Å². The van der Waals surface area contributed by atoms with Gasteiger partial charge in [0.25, 0.3) is 0 Å². The molecule has 0 radical (unpaired) electrons. The topological polar surface area (TPSA) is 37.4 Å². The Morgan fingerprint density at radius 2 is 1.55 bits per heavy atom. The molecule has 4 heteroatoms. The first-order valence-electron chi connectivity index (χ1n) is 7.26. The van der Waals surface area contributed by atoms with Gasteiger partial charge in [0, 0.05) is 18.4 Å². The van der Waals surface area contributed by atoms with Crippen LogP contribution in [0.1, 0.15) is 27.7 Å². The van der Waals surface area contributed by atoms with Crippen LogP contribution in [0.25, 0.3) is 0 Å². The summed E-state index contributed by atoms with van der Waals surface area (Å²) >= 11 is 0. The largest absolute Gasteiger partial charge is 0.342 e. The van der Waals surface area contributed by atoms with Crippen LogP contribution in [0.5, 0.6) is 0 Å². The molecule has 1 unspecified atom stereocenters. The maximum atomic E-state index is 12.3. The molecule has 0 spiro atoms. The third-order valence-corrected chi connectivity index (χ3v) is 4.53. The monoisotopic (exact) mass is 295 g/mol. The predicted molar refractivity (Wildman–Crippen MR) is 86.2 cm³/mol. The van der Waals surface area contributed by atoms with Crippen LogP contribution in [0.3, 0.4) is 0 Å². The van der Waals surface area contributed by atoms with Crippen molar-refractivity contribution < 1.29 is 9.36 Å². The second-order valence-corrected chi connectivity index (χ2v) is 7.83. The zero-order chi connectivity index (χ0) is 15.1. The molecule has 1 rings (SSSR count). The number of carbonyl (C=O) groups is 1. The van der Waals surface area contributed by atoms with Gasteiger partial charge in [0.2, 0.25) is 5.91 Å². The quantitative estimate of drug-likeness (QED) is 0.725. The molecule has 0 fully saturated rings. The third-order valence-electron chi connectivity index (χ3n) is 2.93. The average molecular weight is 295 g/mol. The average Bonchev–Trinajstić information content (AvgIpc) is 2.37. The summed E-state index contributed by atoms with van der Waals surface area (Å²) in [5.41, 5.74) is 0. The summed E-state index contributed by atoms with van der Waals surface area (Å²) in [5.74, 6) is 0.869. The zero-order valence-electron chi connectivity index (χ0n) is 12.9. The predicted octanol–water partition coefficient (Wildman–Crippen LogP) is 3.01. The van der Waals surface area contributed by atoms with Crippen LogP contribution in [-0.4, -0.2) is 30.1 Å². The Morgan fingerprint density at radius 3 is 2.00 bits per heavy atom. The standard InChI is InChI=1S/C16H26NO2P/c1-13(2)10-17(11-14(3)4)16(18)12-20(19)15-8-6-5-7-9-15/h5-9,13-14,20H,10-12H2,1-4H3. The molecular formula is C16H26NO2P. The van der Waals surface area contributed by atoms with E-state index in [1.54, 1.807) is 0 Å². The fourth-order valence-corrected chi connectivity index (χ4v) is 3.40. The van der Waals surface area contributed by atoms with E-state index in [9.17, 15) is 9.36 Å². The highest BCUT2D eigenvalue weighted by molar-refractivity contribution is 7.54. The minimum absolute atomic E-state index is 0.0140. The van der Waals surface area contributed by atoms with Gasteiger partial charge in [0.1, 0.15) is 7.80 Å². The molecule has 1 aromatic rings. The number of carbonyl (C=O) groups excluding carboxylic acids is 1. The van der Waals surface area contributed by atoms with Crippen molar-refractivity contribution in [2.24, 2.45) is 11.8 Å². The van der Waals surface area contributed by atoms with Gasteiger partial charge in [-0.15, -0.1) is 0 Å². The first-order valence-corrected chi connectivity index (χ1v) is 8.87. The summed E-state index contributed by atoms with van der Waals surface area (Å²) < 4.78 is 12.3. The lowest BCUT2D eigenvalue weighted by Gasteiger charge is -2.26. The number of amides is 1. The van der Waals surface area contributed by atoms with E-state index >= 15 is 0 Å². The Hall–Kier alpha value is -1.08. The molecule has 112 valence electrons. The minimum Gasteiger partial charge on any atom is -0.342 e. The smallest absolute Gasteiger partial charge is 0.230 e. The molecular weight excluding hydrogens is 269 g/mol. The highest BCUT2D eigenvalue weighted by Crippen LogP contribution is 2.20. The number of hydrogen-bond donors (Lipinski definition) is 0. The summed E-state index contributed by atoms with van der Waals surface area (Å²) in [4.78, 5) is 14.2. The van der Waals surface area contributed by atoms with Gasteiger partial charge in [-0.1, -0.05) is 58.0 Å². The molecule has 1 atom stereocenters. The molecule has 3 nitrogen and oxygen atoms in total. The summed E-state index contributed by atoms with van der Waals surface area (Å²) in [6.45, 7) is 9.87. The Morgan fingerprint density at radius 1 is 1.05 bits per heavy atom. The lowest BCUT2D eigenvalue weighted by atomic mass is 10.1. The van der Waals surface area contributed by atoms with Crippen LogP contribution in [0.2, 0.25) is 0 Å². The number of rotatable bonds is 7. The van der Waals surface area contributed by atoms with Crippen LogP contribution < -0.4 is 5.30 Å². The van der Waals surface area contributed by atoms with Crippen molar-refractivity contribution in [1.29, 1.82) is 0 Å². The first-order chi connectivity index (χ1) is 9.40. The second kappa shape index (κ2) is 8.26. The lowest BCUT2D eigenvalue weighted by molar-refractivity contribution is -0.129. The maximum absolute atomic E-state index is 12.3. The molecule has 1 aromatic carbocycles. The third kappa shape index (κ3) is 5.92. The summed E-state index contributed by atoms with van der Waals surface area (Å²) in [5, 5.41) is 0.792. The summed E-state index contributed by atoms with van der Waals surface area (Å²) in [6, 6.07) is 9.29. The Bertz CT molecular complexity index is 433. The molecule has 0 aliphatic heterocycles. The van der Waals surface area contributed by atoms with Gasteiger partial charge < -0.3 is 9.46 Å². The molecule has 0 N–H and O–H groups in total. The van der Waals surface area contributed by atoms with Gasteiger partial charge in [0.05, 0.1) is 6.16 Å². The molecule has 0 bridgehead atoms. The lowest BCUT2D eigenvalue weighted by Crippen LogP contribution is -2.38. The van der Waals surface area contributed by atoms with Crippen molar-refractivity contribution >= 4 is 19.0 Å². The van der Waals surface area contributed by atoms with Crippen LogP contribution in [0.15, 0.2) is 30.3 Å². The molecule has 1 amide bonds. The van der Waals surface area contributed by atoms with Crippen molar-refractivity contribution in [2.75, 3.05) is 19.3 Å². The normalized spacial score (nSPS) is 12.7. The van der Waals surface area contributed by atoms with Gasteiger partial charge in [0.15, 0.2) is 0 Å². The molecule has 0 aliphatic carbocycles. The summed E-state index contributed by atoms with van der Waals surface area (Å²) in [7, 11) is -2.02. The Labute approximate surface area is 123 Å². The van der Waals surface area contributed by atoms with Crippen molar-refractivity contribution in [1.82, 2.24) is 4.90 Å². The van der Waals surface area contributed by atoms with Crippen molar-refractivity contribution in [2.45, 2.75) is 27.7 Å². The first kappa shape index (κ1) is 17.0. The Kier molecular flexibility index (Phi) is 7.01. The highest BCUT2D eigenvalue weighted by atomic mass is 31.1. The molecule has 0 heterocycles. The van der Waals surface area contributed by atoms with Crippen LogP contribution >= 0.6 is 7.80 Å². The molecule has 0 saturated carbocycles. The second-order valence-electron chi connectivity index (χ2n) is 6.05. The summed E-state index contributed by atoms with van der Waals surface area (Å²) in [6.07, 6.45) is 0.147. The highest BCUT2D eigenvalue weighted by Gasteiger charge is 2.19. The van der Waals surface area contributed by atoms with Gasteiger partial charge in [-0.05, 0) is 11.8 Å².